The molecule has 1 heterocycles. The average Bonchev–Trinajstić information content (AvgIpc) is 2.40. The van der Waals surface area contributed by atoms with Crippen LogP contribution in [0.1, 0.15) is 11.3 Å². The summed E-state index contributed by atoms with van der Waals surface area (Å²) in [6.07, 6.45) is 0. The summed E-state index contributed by atoms with van der Waals surface area (Å²) in [7, 11) is 0. The van der Waals surface area contributed by atoms with Crippen LogP contribution in [0.4, 0.5) is 0 Å². The van der Waals surface area contributed by atoms with Crippen LogP contribution in [0.2, 0.25) is 0 Å². The van der Waals surface area contributed by atoms with Gasteiger partial charge < -0.3 is 15.6 Å². The number of aliphatic hydroxyl groups excluding tert-OH is 1. The van der Waals surface area contributed by atoms with Crippen LogP contribution in [-0.2, 0) is 6.61 Å². The van der Waals surface area contributed by atoms with Gasteiger partial charge in [-0.25, -0.2) is 4.98 Å². The first kappa shape index (κ1) is 12.1. The minimum Gasteiger partial charge on any atom is -0.439 e. The Bertz CT molecular complexity index is 552. The van der Waals surface area contributed by atoms with E-state index in [9.17, 15) is 0 Å². The van der Waals surface area contributed by atoms with Gasteiger partial charge in [0, 0.05) is 6.07 Å². The van der Waals surface area contributed by atoms with E-state index in [0.29, 0.717) is 17.3 Å². The van der Waals surface area contributed by atoms with E-state index >= 15 is 0 Å². The van der Waals surface area contributed by atoms with Crippen molar-refractivity contribution in [3.05, 3.63) is 53.7 Å². The molecular weight excluding hydrogens is 230 g/mol. The highest BCUT2D eigenvalue weighted by molar-refractivity contribution is 5.93. The van der Waals surface area contributed by atoms with E-state index < -0.39 is 0 Å². The molecule has 0 amide bonds. The molecule has 0 saturated carbocycles. The number of aliphatic hydroxyl groups is 1. The highest BCUT2D eigenvalue weighted by Gasteiger charge is 2.02. The fourth-order valence-corrected chi connectivity index (χ4v) is 1.41. The summed E-state index contributed by atoms with van der Waals surface area (Å²) in [5.74, 6) is 0.885. The molecule has 0 unspecified atom stereocenters. The maximum Gasteiger partial charge on any atom is 0.219 e. The van der Waals surface area contributed by atoms with Crippen molar-refractivity contribution >= 4 is 5.84 Å². The number of nitrogens with zero attached hydrogens (tertiary/aromatic N) is 1. The third-order valence-corrected chi connectivity index (χ3v) is 2.33. The predicted octanol–water partition coefficient (Wildman–Crippen LogP) is 1.65. The average molecular weight is 243 g/mol. The van der Waals surface area contributed by atoms with Crippen molar-refractivity contribution in [2.45, 2.75) is 6.61 Å². The van der Waals surface area contributed by atoms with Gasteiger partial charge in [0.15, 0.2) is 0 Å². The van der Waals surface area contributed by atoms with Gasteiger partial charge in [-0.3, -0.25) is 5.41 Å². The van der Waals surface area contributed by atoms with E-state index in [0.717, 1.165) is 5.56 Å². The molecule has 0 fully saturated rings. The summed E-state index contributed by atoms with van der Waals surface area (Å²) in [6.45, 7) is -0.00164. The molecule has 1 aromatic heterocycles. The smallest absolute Gasteiger partial charge is 0.219 e. The fraction of sp³-hybridized carbons (Fsp3) is 0.0769. The third-order valence-electron chi connectivity index (χ3n) is 2.33. The second-order valence-electron chi connectivity index (χ2n) is 3.68. The van der Waals surface area contributed by atoms with Gasteiger partial charge in [0.1, 0.15) is 17.3 Å². The van der Waals surface area contributed by atoms with Gasteiger partial charge in [-0.05, 0) is 23.8 Å². The van der Waals surface area contributed by atoms with E-state index in [1.807, 2.05) is 0 Å². The number of hydrogen-bond donors (Lipinski definition) is 3. The number of benzene rings is 1. The molecule has 0 aliphatic carbocycles. The highest BCUT2D eigenvalue weighted by atomic mass is 16.5. The number of aromatic nitrogens is 1. The molecule has 0 saturated heterocycles. The topological polar surface area (TPSA) is 92.2 Å². The van der Waals surface area contributed by atoms with Crippen LogP contribution in [0.25, 0.3) is 0 Å². The predicted molar refractivity (Wildman–Crippen MR) is 67.7 cm³/mol. The first-order chi connectivity index (χ1) is 8.69. The van der Waals surface area contributed by atoms with E-state index in [-0.39, 0.29) is 12.4 Å². The van der Waals surface area contributed by atoms with Gasteiger partial charge in [-0.15, -0.1) is 0 Å². The molecule has 0 aliphatic heterocycles. The molecule has 18 heavy (non-hydrogen) atoms. The molecule has 0 bridgehead atoms. The summed E-state index contributed by atoms with van der Waals surface area (Å²) in [5.41, 5.74) is 6.54. The van der Waals surface area contributed by atoms with Crippen molar-refractivity contribution in [2.24, 2.45) is 5.73 Å². The minimum absolute atomic E-state index is 0.00164. The summed E-state index contributed by atoms with van der Waals surface area (Å²) in [4.78, 5) is 4.09. The number of amidine groups is 1. The number of pyridine rings is 1. The number of nitrogens with one attached hydrogen (secondary N) is 1. The van der Waals surface area contributed by atoms with Crippen molar-refractivity contribution in [3.63, 3.8) is 0 Å². The maximum atomic E-state index is 8.93. The van der Waals surface area contributed by atoms with Crippen molar-refractivity contribution in [1.82, 2.24) is 4.98 Å². The highest BCUT2D eigenvalue weighted by Crippen LogP contribution is 2.19. The van der Waals surface area contributed by atoms with E-state index in [4.69, 9.17) is 21.0 Å². The number of nitrogen functional groups attached to an aromatic ring is 1. The first-order valence-electron chi connectivity index (χ1n) is 5.38. The monoisotopic (exact) mass is 243 g/mol. The largest absolute Gasteiger partial charge is 0.439 e. The summed E-state index contributed by atoms with van der Waals surface area (Å²) in [5, 5.41) is 16.2. The van der Waals surface area contributed by atoms with Crippen LogP contribution >= 0.6 is 0 Å². The zero-order valence-electron chi connectivity index (χ0n) is 9.63. The second-order valence-corrected chi connectivity index (χ2v) is 3.68. The Balaban J connectivity index is 2.17. The van der Waals surface area contributed by atoms with Gasteiger partial charge >= 0.3 is 0 Å². The van der Waals surface area contributed by atoms with Gasteiger partial charge in [-0.1, -0.05) is 18.2 Å². The third kappa shape index (κ3) is 2.83. The molecule has 0 atom stereocenters. The standard InChI is InChI=1S/C13H13N3O2/c14-13(15)11-2-1-3-12(16-11)18-10-6-4-9(8-17)5-7-10/h1-7,17H,8H2,(H3,14,15). The Labute approximate surface area is 104 Å². The second kappa shape index (κ2) is 5.29. The Morgan fingerprint density at radius 1 is 1.22 bits per heavy atom. The summed E-state index contributed by atoms with van der Waals surface area (Å²) >= 11 is 0. The Morgan fingerprint density at radius 3 is 2.56 bits per heavy atom. The molecule has 1 aromatic carbocycles. The summed E-state index contributed by atoms with van der Waals surface area (Å²) < 4.78 is 5.52. The van der Waals surface area contributed by atoms with Crippen molar-refractivity contribution in [1.29, 1.82) is 5.41 Å². The molecule has 5 nitrogen and oxygen atoms in total. The Hall–Kier alpha value is -2.40. The first-order valence-corrected chi connectivity index (χ1v) is 5.38. The zero-order valence-corrected chi connectivity index (χ0v) is 9.63. The number of rotatable bonds is 4. The van der Waals surface area contributed by atoms with Gasteiger partial charge in [0.2, 0.25) is 5.88 Å². The lowest BCUT2D eigenvalue weighted by Gasteiger charge is -2.06. The van der Waals surface area contributed by atoms with Crippen LogP contribution in [0.5, 0.6) is 11.6 Å². The van der Waals surface area contributed by atoms with Gasteiger partial charge in [-0.2, -0.15) is 0 Å². The molecule has 0 spiro atoms. The van der Waals surface area contributed by atoms with Crippen LogP contribution in [-0.4, -0.2) is 15.9 Å². The van der Waals surface area contributed by atoms with Crippen LogP contribution in [0.15, 0.2) is 42.5 Å². The van der Waals surface area contributed by atoms with Gasteiger partial charge in [0.25, 0.3) is 0 Å². The molecule has 2 rings (SSSR count). The zero-order chi connectivity index (χ0) is 13.0. The lowest BCUT2D eigenvalue weighted by atomic mass is 10.2. The van der Waals surface area contributed by atoms with Crippen molar-refractivity contribution < 1.29 is 9.84 Å². The molecule has 2 aromatic rings. The molecule has 92 valence electrons. The Kier molecular flexibility index (Phi) is 3.54. The Morgan fingerprint density at radius 2 is 1.94 bits per heavy atom. The lowest BCUT2D eigenvalue weighted by Crippen LogP contribution is -2.13. The summed E-state index contributed by atoms with van der Waals surface area (Å²) in [6, 6.07) is 12.1. The van der Waals surface area contributed by atoms with Crippen LogP contribution in [0, 0.1) is 5.41 Å². The fourth-order valence-electron chi connectivity index (χ4n) is 1.41. The van der Waals surface area contributed by atoms with Crippen molar-refractivity contribution in [3.8, 4) is 11.6 Å². The number of nitrogens with two attached hydrogens (primary N) is 1. The maximum absolute atomic E-state index is 8.93. The molecule has 5 heteroatoms. The molecule has 0 aliphatic rings. The lowest BCUT2D eigenvalue weighted by molar-refractivity contribution is 0.281. The molecule has 4 N–H and O–H groups in total. The number of hydrogen-bond acceptors (Lipinski definition) is 4. The van der Waals surface area contributed by atoms with E-state index in [2.05, 4.69) is 4.98 Å². The quantitative estimate of drug-likeness (QED) is 0.562. The molecule has 0 radical (unpaired) electrons. The SMILES string of the molecule is N=C(N)c1cccc(Oc2ccc(CO)cc2)n1. The minimum atomic E-state index is -0.101. The van der Waals surface area contributed by atoms with Crippen LogP contribution in [0.3, 0.4) is 0 Å². The van der Waals surface area contributed by atoms with E-state index in [1.165, 1.54) is 0 Å². The van der Waals surface area contributed by atoms with E-state index in [1.54, 1.807) is 42.5 Å². The van der Waals surface area contributed by atoms with Crippen molar-refractivity contribution in [2.75, 3.05) is 0 Å². The number of ether oxygens (including phenoxy) is 1. The van der Waals surface area contributed by atoms with Gasteiger partial charge in [0.05, 0.1) is 6.61 Å². The normalized spacial score (nSPS) is 10.1. The molecular formula is C13H13N3O2. The van der Waals surface area contributed by atoms with Crippen LogP contribution < -0.4 is 10.5 Å².